The molecule has 2 aromatic carbocycles. The third kappa shape index (κ3) is 6.46. The fraction of sp³-hybridized carbons (Fsp3) is 0.238. The van der Waals surface area contributed by atoms with Gasteiger partial charge in [0.15, 0.2) is 18.1 Å². The van der Waals surface area contributed by atoms with Crippen molar-refractivity contribution in [3.8, 4) is 11.5 Å². The Kier molecular flexibility index (Phi) is 7.05. The van der Waals surface area contributed by atoms with Gasteiger partial charge >= 0.3 is 11.9 Å². The zero-order valence-electron chi connectivity index (χ0n) is 16.4. The highest BCUT2D eigenvalue weighted by molar-refractivity contribution is 5.96. The molecule has 0 aliphatic carbocycles. The molecule has 2 aromatic rings. The van der Waals surface area contributed by atoms with Crippen LogP contribution in [0.4, 0.5) is 11.4 Å². The smallest absolute Gasteiger partial charge is 0.338 e. The Labute approximate surface area is 177 Å². The number of hydrogen-bond acceptors (Lipinski definition) is 7. The monoisotopic (exact) mass is 428 g/mol. The first kappa shape index (κ1) is 21.6. The zero-order valence-corrected chi connectivity index (χ0v) is 16.4. The molecule has 0 bridgehead atoms. The SMILES string of the molecule is O=C(O)CCC(=O)Nc1ccc(C(=O)OCC(=O)Nc2ccc3c(c2)OCCO3)cc1. The van der Waals surface area contributed by atoms with Crippen molar-refractivity contribution in [2.45, 2.75) is 12.8 Å². The van der Waals surface area contributed by atoms with Gasteiger partial charge in [-0.2, -0.15) is 0 Å². The molecule has 162 valence electrons. The average Bonchev–Trinajstić information content (AvgIpc) is 2.76. The first-order chi connectivity index (χ1) is 14.9. The van der Waals surface area contributed by atoms with Gasteiger partial charge in [0.25, 0.3) is 5.91 Å². The van der Waals surface area contributed by atoms with Gasteiger partial charge in [0.1, 0.15) is 13.2 Å². The second kappa shape index (κ2) is 10.1. The first-order valence-corrected chi connectivity index (χ1v) is 9.39. The average molecular weight is 428 g/mol. The van der Waals surface area contributed by atoms with E-state index in [0.29, 0.717) is 36.1 Å². The standard InChI is InChI=1S/C21H20N2O8/c24-18(7-8-20(26)27)22-14-3-1-13(2-4-14)21(28)31-12-19(25)23-15-5-6-16-17(11-15)30-10-9-29-16/h1-6,11H,7-10,12H2,(H,22,24)(H,23,25)(H,26,27). The second-order valence-corrected chi connectivity index (χ2v) is 6.50. The number of benzene rings is 2. The van der Waals surface area contributed by atoms with Gasteiger partial charge in [-0.3, -0.25) is 14.4 Å². The van der Waals surface area contributed by atoms with Gasteiger partial charge in [0.2, 0.25) is 5.91 Å². The number of fused-ring (bicyclic) bond motifs is 1. The highest BCUT2D eigenvalue weighted by atomic mass is 16.6. The maximum atomic E-state index is 12.1. The number of rotatable bonds is 8. The van der Waals surface area contributed by atoms with E-state index in [0.717, 1.165) is 0 Å². The Balaban J connectivity index is 1.46. The van der Waals surface area contributed by atoms with Crippen LogP contribution in [0.3, 0.4) is 0 Å². The Morgan fingerprint density at radius 1 is 0.839 bits per heavy atom. The largest absolute Gasteiger partial charge is 0.486 e. The fourth-order valence-corrected chi connectivity index (χ4v) is 2.67. The number of aliphatic carboxylic acids is 1. The molecule has 0 radical (unpaired) electrons. The van der Waals surface area contributed by atoms with Crippen LogP contribution >= 0.6 is 0 Å². The number of carboxylic acids is 1. The Hall–Kier alpha value is -4.08. The molecule has 0 spiro atoms. The minimum Gasteiger partial charge on any atom is -0.486 e. The van der Waals surface area contributed by atoms with Crippen molar-refractivity contribution in [3.05, 3.63) is 48.0 Å². The van der Waals surface area contributed by atoms with Gasteiger partial charge in [-0.25, -0.2) is 4.79 Å². The van der Waals surface area contributed by atoms with Crippen LogP contribution in [-0.2, 0) is 19.1 Å². The lowest BCUT2D eigenvalue weighted by molar-refractivity contribution is -0.138. The number of anilines is 2. The van der Waals surface area contributed by atoms with Gasteiger partial charge in [-0.1, -0.05) is 0 Å². The van der Waals surface area contributed by atoms with E-state index in [1.54, 1.807) is 18.2 Å². The van der Waals surface area contributed by atoms with E-state index < -0.39 is 30.4 Å². The number of ether oxygens (including phenoxy) is 3. The van der Waals surface area contributed by atoms with Crippen molar-refractivity contribution in [2.24, 2.45) is 0 Å². The molecule has 0 aromatic heterocycles. The van der Waals surface area contributed by atoms with E-state index >= 15 is 0 Å². The van der Waals surface area contributed by atoms with Gasteiger partial charge in [0, 0.05) is 23.9 Å². The molecule has 0 saturated carbocycles. The molecule has 10 heteroatoms. The van der Waals surface area contributed by atoms with E-state index in [4.69, 9.17) is 19.3 Å². The Bertz CT molecular complexity index is 987. The van der Waals surface area contributed by atoms with Crippen LogP contribution in [0.5, 0.6) is 11.5 Å². The molecule has 3 rings (SSSR count). The summed E-state index contributed by atoms with van der Waals surface area (Å²) in [7, 11) is 0. The molecule has 0 unspecified atom stereocenters. The molecular formula is C21H20N2O8. The lowest BCUT2D eigenvalue weighted by Crippen LogP contribution is -2.21. The number of amides is 2. The van der Waals surface area contributed by atoms with E-state index in [2.05, 4.69) is 10.6 Å². The Morgan fingerprint density at radius 3 is 2.19 bits per heavy atom. The normalized spacial score (nSPS) is 11.9. The van der Waals surface area contributed by atoms with Crippen LogP contribution in [0, 0.1) is 0 Å². The van der Waals surface area contributed by atoms with Crippen molar-refractivity contribution in [1.29, 1.82) is 0 Å². The fourth-order valence-electron chi connectivity index (χ4n) is 2.67. The molecule has 10 nitrogen and oxygen atoms in total. The van der Waals surface area contributed by atoms with Crippen LogP contribution in [0.25, 0.3) is 0 Å². The predicted molar refractivity (Wildman–Crippen MR) is 108 cm³/mol. The van der Waals surface area contributed by atoms with E-state index in [1.165, 1.54) is 24.3 Å². The van der Waals surface area contributed by atoms with Crippen LogP contribution in [-0.4, -0.2) is 48.7 Å². The molecule has 3 N–H and O–H groups in total. The molecule has 0 fully saturated rings. The van der Waals surface area contributed by atoms with E-state index in [1.807, 2.05) is 0 Å². The highest BCUT2D eigenvalue weighted by Crippen LogP contribution is 2.32. The number of esters is 1. The maximum Gasteiger partial charge on any atom is 0.338 e. The number of hydrogen-bond donors (Lipinski definition) is 3. The molecular weight excluding hydrogens is 408 g/mol. The molecule has 31 heavy (non-hydrogen) atoms. The van der Waals surface area contributed by atoms with Crippen LogP contribution in [0.1, 0.15) is 23.2 Å². The summed E-state index contributed by atoms with van der Waals surface area (Å²) >= 11 is 0. The van der Waals surface area contributed by atoms with E-state index in [-0.39, 0.29) is 18.4 Å². The summed E-state index contributed by atoms with van der Waals surface area (Å²) in [4.78, 5) is 46.3. The number of carbonyl (C=O) groups excluding carboxylic acids is 3. The summed E-state index contributed by atoms with van der Waals surface area (Å²) in [6.07, 6.45) is -0.428. The molecule has 0 saturated heterocycles. The van der Waals surface area contributed by atoms with Gasteiger partial charge < -0.3 is 30.0 Å². The first-order valence-electron chi connectivity index (χ1n) is 9.39. The zero-order chi connectivity index (χ0) is 22.2. The summed E-state index contributed by atoms with van der Waals surface area (Å²) in [5.41, 5.74) is 1.08. The molecule has 0 atom stereocenters. The number of nitrogens with one attached hydrogen (secondary N) is 2. The van der Waals surface area contributed by atoms with Crippen molar-refractivity contribution >= 4 is 35.1 Å². The lowest BCUT2D eigenvalue weighted by Gasteiger charge is -2.19. The topological polar surface area (TPSA) is 140 Å². The van der Waals surface area contributed by atoms with Crippen molar-refractivity contribution in [2.75, 3.05) is 30.5 Å². The summed E-state index contributed by atoms with van der Waals surface area (Å²) in [6.45, 7) is 0.403. The van der Waals surface area contributed by atoms with Crippen molar-refractivity contribution in [1.82, 2.24) is 0 Å². The molecule has 1 aliphatic rings. The quantitative estimate of drug-likeness (QED) is 0.543. The van der Waals surface area contributed by atoms with Gasteiger partial charge in [-0.05, 0) is 36.4 Å². The lowest BCUT2D eigenvalue weighted by atomic mass is 10.2. The predicted octanol–water partition coefficient (Wildman–Crippen LogP) is 2.06. The van der Waals surface area contributed by atoms with Crippen LogP contribution in [0.2, 0.25) is 0 Å². The molecule has 2 amide bonds. The number of carbonyl (C=O) groups is 4. The van der Waals surface area contributed by atoms with Crippen molar-refractivity contribution < 1.29 is 38.5 Å². The molecule has 1 heterocycles. The summed E-state index contributed by atoms with van der Waals surface area (Å²) < 4.78 is 15.9. The van der Waals surface area contributed by atoms with E-state index in [9.17, 15) is 19.2 Å². The molecule has 1 aliphatic heterocycles. The van der Waals surface area contributed by atoms with Crippen LogP contribution in [0.15, 0.2) is 42.5 Å². The second-order valence-electron chi connectivity index (χ2n) is 6.50. The third-order valence-corrected chi connectivity index (χ3v) is 4.13. The maximum absolute atomic E-state index is 12.1. The minimum absolute atomic E-state index is 0.155. The van der Waals surface area contributed by atoms with Crippen molar-refractivity contribution in [3.63, 3.8) is 0 Å². The summed E-state index contributed by atoms with van der Waals surface area (Å²) in [5, 5.41) is 13.7. The third-order valence-electron chi connectivity index (χ3n) is 4.13. The Morgan fingerprint density at radius 2 is 1.48 bits per heavy atom. The van der Waals surface area contributed by atoms with Gasteiger partial charge in [-0.15, -0.1) is 0 Å². The summed E-state index contributed by atoms with van der Waals surface area (Å²) in [5.74, 6) is -1.62. The van der Waals surface area contributed by atoms with Gasteiger partial charge in [0.05, 0.1) is 12.0 Å². The van der Waals surface area contributed by atoms with Crippen LogP contribution < -0.4 is 20.1 Å². The summed E-state index contributed by atoms with van der Waals surface area (Å²) in [6, 6.07) is 10.8. The minimum atomic E-state index is -1.06. The number of carboxylic acid groups (broad SMARTS) is 1. The highest BCUT2D eigenvalue weighted by Gasteiger charge is 2.14.